The Morgan fingerprint density at radius 3 is 2.75 bits per heavy atom. The second-order valence-corrected chi connectivity index (χ2v) is 5.59. The molecule has 0 radical (unpaired) electrons. The minimum atomic E-state index is -0.802. The van der Waals surface area contributed by atoms with Crippen LogP contribution in [-0.2, 0) is 11.3 Å². The van der Waals surface area contributed by atoms with Crippen LogP contribution in [0.5, 0.6) is 0 Å². The molecule has 1 aromatic heterocycles. The lowest BCUT2D eigenvalue weighted by molar-refractivity contribution is -0.384. The van der Waals surface area contributed by atoms with Gasteiger partial charge in [-0.2, -0.15) is 4.98 Å². The van der Waals surface area contributed by atoms with Gasteiger partial charge in [-0.1, -0.05) is 35.5 Å². The van der Waals surface area contributed by atoms with Gasteiger partial charge in [0.15, 0.2) is 6.61 Å². The van der Waals surface area contributed by atoms with Crippen molar-refractivity contribution in [3.63, 3.8) is 0 Å². The number of nitro groups is 1. The molecule has 10 nitrogen and oxygen atoms in total. The summed E-state index contributed by atoms with van der Waals surface area (Å²) in [4.78, 5) is 26.9. The van der Waals surface area contributed by atoms with Gasteiger partial charge in [0.1, 0.15) is 0 Å². The zero-order valence-electron chi connectivity index (χ0n) is 14.6. The van der Waals surface area contributed by atoms with Crippen molar-refractivity contribution >= 4 is 17.3 Å². The number of ether oxygens (including phenoxy) is 1. The molecule has 2 aromatic carbocycles. The minimum Gasteiger partial charge on any atom is -0.452 e. The van der Waals surface area contributed by atoms with E-state index in [1.54, 1.807) is 0 Å². The molecule has 1 heterocycles. The first-order chi connectivity index (χ1) is 13.6. The number of hydrogen-bond donors (Lipinski definition) is 2. The number of aromatic nitrogens is 2. The standard InChI is InChI=1S/C18H16N4O6/c23-9-8-19-15-7-6-13(22(25)26)10-14(15)18(24)27-11-16-20-17(21-28-16)12-4-2-1-3-5-12/h1-7,10,19,23H,8-9,11H2. The molecule has 144 valence electrons. The summed E-state index contributed by atoms with van der Waals surface area (Å²) >= 11 is 0. The Kier molecular flexibility index (Phi) is 5.92. The van der Waals surface area contributed by atoms with E-state index in [2.05, 4.69) is 15.5 Å². The van der Waals surface area contributed by atoms with Crippen LogP contribution in [0.15, 0.2) is 53.1 Å². The number of esters is 1. The van der Waals surface area contributed by atoms with E-state index in [1.165, 1.54) is 12.1 Å². The third-order valence-electron chi connectivity index (χ3n) is 3.69. The first-order valence-electron chi connectivity index (χ1n) is 8.27. The van der Waals surface area contributed by atoms with Crippen molar-refractivity contribution in [1.29, 1.82) is 0 Å². The number of rotatable bonds is 8. The molecule has 2 N–H and O–H groups in total. The number of non-ortho nitro benzene ring substituents is 1. The van der Waals surface area contributed by atoms with E-state index in [0.717, 1.165) is 11.6 Å². The Bertz CT molecular complexity index is 973. The van der Waals surface area contributed by atoms with Crippen molar-refractivity contribution in [3.05, 3.63) is 70.1 Å². The molecule has 0 saturated heterocycles. The van der Waals surface area contributed by atoms with Gasteiger partial charge in [0.2, 0.25) is 5.82 Å². The lowest BCUT2D eigenvalue weighted by Gasteiger charge is -2.10. The number of benzene rings is 2. The maximum atomic E-state index is 12.4. The van der Waals surface area contributed by atoms with Crippen molar-refractivity contribution in [2.24, 2.45) is 0 Å². The van der Waals surface area contributed by atoms with Gasteiger partial charge < -0.3 is 19.7 Å². The van der Waals surface area contributed by atoms with Crippen molar-refractivity contribution in [1.82, 2.24) is 10.1 Å². The van der Waals surface area contributed by atoms with Crippen LogP contribution < -0.4 is 5.32 Å². The Morgan fingerprint density at radius 2 is 2.04 bits per heavy atom. The molecule has 28 heavy (non-hydrogen) atoms. The Hall–Kier alpha value is -3.79. The maximum absolute atomic E-state index is 12.4. The molecule has 0 fully saturated rings. The number of carbonyl (C=O) groups is 1. The lowest BCUT2D eigenvalue weighted by atomic mass is 10.1. The van der Waals surface area contributed by atoms with Crippen LogP contribution in [0.4, 0.5) is 11.4 Å². The molecule has 0 spiro atoms. The fraction of sp³-hybridized carbons (Fsp3) is 0.167. The number of aliphatic hydroxyl groups is 1. The molecular weight excluding hydrogens is 368 g/mol. The second-order valence-electron chi connectivity index (χ2n) is 5.59. The number of anilines is 1. The SMILES string of the molecule is O=C(OCc1nc(-c2ccccc2)no1)c1cc([N+](=O)[O-])ccc1NCCO. The van der Waals surface area contributed by atoms with E-state index in [4.69, 9.17) is 14.4 Å². The Balaban J connectivity index is 1.73. The van der Waals surface area contributed by atoms with Crippen LogP contribution in [0.2, 0.25) is 0 Å². The summed E-state index contributed by atoms with van der Waals surface area (Å²) in [6.45, 7) is -0.293. The van der Waals surface area contributed by atoms with Gasteiger partial charge in [0.05, 0.1) is 17.1 Å². The Morgan fingerprint density at radius 1 is 1.25 bits per heavy atom. The molecule has 0 saturated carbocycles. The predicted octanol–water partition coefficient (Wildman–Crippen LogP) is 2.41. The van der Waals surface area contributed by atoms with Gasteiger partial charge in [-0.3, -0.25) is 10.1 Å². The van der Waals surface area contributed by atoms with Gasteiger partial charge in [0, 0.05) is 29.9 Å². The number of hydrogen-bond acceptors (Lipinski definition) is 9. The van der Waals surface area contributed by atoms with E-state index in [1.807, 2.05) is 30.3 Å². The Labute approximate surface area is 158 Å². The van der Waals surface area contributed by atoms with Gasteiger partial charge in [0.25, 0.3) is 11.6 Å². The second kappa shape index (κ2) is 8.73. The molecule has 3 aromatic rings. The highest BCUT2D eigenvalue weighted by molar-refractivity contribution is 5.96. The van der Waals surface area contributed by atoms with Crippen molar-refractivity contribution in [2.75, 3.05) is 18.5 Å². The zero-order chi connectivity index (χ0) is 19.9. The molecule has 0 bridgehead atoms. The summed E-state index contributed by atoms with van der Waals surface area (Å²) < 4.78 is 10.2. The summed E-state index contributed by atoms with van der Waals surface area (Å²) in [7, 11) is 0. The summed E-state index contributed by atoms with van der Waals surface area (Å²) in [5.74, 6) is -0.363. The van der Waals surface area contributed by atoms with E-state index in [9.17, 15) is 14.9 Å². The highest BCUT2D eigenvalue weighted by atomic mass is 16.6. The fourth-order valence-corrected chi connectivity index (χ4v) is 2.38. The average molecular weight is 384 g/mol. The van der Waals surface area contributed by atoms with Crippen LogP contribution in [0.3, 0.4) is 0 Å². The minimum absolute atomic E-state index is 0.0366. The molecule has 3 rings (SSSR count). The van der Waals surface area contributed by atoms with Crippen LogP contribution in [0, 0.1) is 10.1 Å². The highest BCUT2D eigenvalue weighted by Crippen LogP contribution is 2.23. The third-order valence-corrected chi connectivity index (χ3v) is 3.69. The number of aliphatic hydroxyl groups excluding tert-OH is 1. The molecule has 0 aliphatic carbocycles. The zero-order valence-corrected chi connectivity index (χ0v) is 14.6. The molecule has 0 amide bonds. The van der Waals surface area contributed by atoms with E-state index < -0.39 is 10.9 Å². The summed E-state index contributed by atoms with van der Waals surface area (Å²) in [5, 5.41) is 26.5. The van der Waals surface area contributed by atoms with Gasteiger partial charge in [-0.15, -0.1) is 0 Å². The van der Waals surface area contributed by atoms with Gasteiger partial charge >= 0.3 is 5.97 Å². The largest absolute Gasteiger partial charge is 0.452 e. The number of carbonyl (C=O) groups excluding carboxylic acids is 1. The van der Waals surface area contributed by atoms with E-state index in [0.29, 0.717) is 11.5 Å². The molecule has 0 aliphatic heterocycles. The maximum Gasteiger partial charge on any atom is 0.341 e. The normalized spacial score (nSPS) is 10.5. The average Bonchev–Trinajstić information content (AvgIpc) is 3.20. The quantitative estimate of drug-likeness (QED) is 0.340. The van der Waals surface area contributed by atoms with Crippen LogP contribution in [0.1, 0.15) is 16.2 Å². The number of nitrogens with one attached hydrogen (secondary N) is 1. The monoisotopic (exact) mass is 384 g/mol. The first-order valence-corrected chi connectivity index (χ1v) is 8.27. The number of nitrogens with zero attached hydrogens (tertiary/aromatic N) is 3. The summed E-state index contributed by atoms with van der Waals surface area (Å²) in [5.41, 5.74) is 0.759. The van der Waals surface area contributed by atoms with Crippen LogP contribution in [-0.4, -0.2) is 39.3 Å². The smallest absolute Gasteiger partial charge is 0.341 e. The molecule has 0 aliphatic rings. The van der Waals surface area contributed by atoms with Crippen molar-refractivity contribution in [2.45, 2.75) is 6.61 Å². The van der Waals surface area contributed by atoms with Crippen molar-refractivity contribution < 1.29 is 24.1 Å². The number of nitro benzene ring substituents is 1. The summed E-state index contributed by atoms with van der Waals surface area (Å²) in [6, 6.07) is 12.9. The highest BCUT2D eigenvalue weighted by Gasteiger charge is 2.19. The van der Waals surface area contributed by atoms with Crippen LogP contribution >= 0.6 is 0 Å². The lowest BCUT2D eigenvalue weighted by Crippen LogP contribution is -2.13. The molecule has 0 unspecified atom stereocenters. The first kappa shape index (κ1) is 19.0. The molecular formula is C18H16N4O6. The van der Waals surface area contributed by atoms with E-state index >= 15 is 0 Å². The van der Waals surface area contributed by atoms with Crippen molar-refractivity contribution in [3.8, 4) is 11.4 Å². The third kappa shape index (κ3) is 4.48. The van der Waals surface area contributed by atoms with Gasteiger partial charge in [-0.05, 0) is 6.07 Å². The molecule has 0 atom stereocenters. The predicted molar refractivity (Wildman–Crippen MR) is 97.5 cm³/mol. The molecule has 10 heteroatoms. The fourth-order valence-electron chi connectivity index (χ4n) is 2.38. The van der Waals surface area contributed by atoms with Gasteiger partial charge in [-0.25, -0.2) is 4.79 Å². The van der Waals surface area contributed by atoms with E-state index in [-0.39, 0.29) is 36.9 Å². The summed E-state index contributed by atoms with van der Waals surface area (Å²) in [6.07, 6.45) is 0. The topological polar surface area (TPSA) is 141 Å². The van der Waals surface area contributed by atoms with Crippen LogP contribution in [0.25, 0.3) is 11.4 Å².